The van der Waals surface area contributed by atoms with Gasteiger partial charge in [-0.25, -0.2) is 0 Å². The van der Waals surface area contributed by atoms with Crippen LogP contribution < -0.4 is 0 Å². The largest absolute Gasteiger partial charge is 0.412 e. The second-order valence-electron chi connectivity index (χ2n) is 3.32. The molecule has 0 bridgehead atoms. The van der Waals surface area contributed by atoms with Crippen LogP contribution in [0.1, 0.15) is 6.92 Å². The van der Waals surface area contributed by atoms with Crippen LogP contribution in [0.25, 0.3) is 0 Å². The summed E-state index contributed by atoms with van der Waals surface area (Å²) in [6, 6.07) is 0. The maximum atomic E-state index is 8.87. The van der Waals surface area contributed by atoms with Gasteiger partial charge in [0, 0.05) is 0 Å². The minimum atomic E-state index is -0.185. The van der Waals surface area contributed by atoms with Gasteiger partial charge in [0.15, 0.2) is 0 Å². The lowest BCUT2D eigenvalue weighted by molar-refractivity contribution is -0.873. The third-order valence-corrected chi connectivity index (χ3v) is 0.812. The van der Waals surface area contributed by atoms with Crippen LogP contribution in [0.3, 0.4) is 0 Å². The van der Waals surface area contributed by atoms with Crippen LogP contribution in [0.4, 0.5) is 0 Å². The summed E-state index contributed by atoms with van der Waals surface area (Å²) in [6.45, 7) is 2.63. The quantitative estimate of drug-likeness (QED) is 0.478. The normalized spacial score (nSPS) is 12.9. The van der Waals surface area contributed by atoms with E-state index in [2.05, 4.69) is 21.1 Å². The van der Waals surface area contributed by atoms with Crippen molar-refractivity contribution in [1.29, 1.82) is 0 Å². The van der Waals surface area contributed by atoms with E-state index in [4.69, 9.17) is 5.11 Å². The zero-order chi connectivity index (χ0) is 6.78. The molecule has 4 nitrogen and oxygen atoms in total. The maximum Gasteiger partial charge on any atom is 0.104 e. The van der Waals surface area contributed by atoms with Gasteiger partial charge in [0.25, 0.3) is 0 Å². The lowest BCUT2D eigenvalue weighted by atomic mass is 10.3. The maximum absolute atomic E-state index is 8.87. The summed E-state index contributed by atoms with van der Waals surface area (Å²) in [5, 5.41) is 8.87. The molecule has 0 aromatic rings. The van der Waals surface area contributed by atoms with Crippen molar-refractivity contribution in [2.75, 3.05) is 27.7 Å². The fourth-order valence-electron chi connectivity index (χ4n) is 0.793. The van der Waals surface area contributed by atoms with Gasteiger partial charge in [0.05, 0.1) is 21.1 Å². The van der Waals surface area contributed by atoms with Crippen molar-refractivity contribution < 1.29 is 20.5 Å². The number of aliphatic hydroxyl groups is 1. The van der Waals surface area contributed by atoms with E-state index < -0.39 is 0 Å². The predicted molar refractivity (Wildman–Crippen MR) is 41.8 cm³/mol. The van der Waals surface area contributed by atoms with E-state index in [1.807, 2.05) is 6.92 Å². The molecule has 5 N–H and O–H groups in total. The minimum Gasteiger partial charge on any atom is -0.412 e. The van der Waals surface area contributed by atoms with E-state index in [-0.39, 0.29) is 17.1 Å². The van der Waals surface area contributed by atoms with Crippen LogP contribution in [-0.2, 0) is 0 Å². The summed E-state index contributed by atoms with van der Waals surface area (Å²) in [5.41, 5.74) is 0. The molecular formula is C6H20NO3+. The van der Waals surface area contributed by atoms with Gasteiger partial charge in [-0.1, -0.05) is 0 Å². The number of likely N-dealkylation sites (N-methyl/N-ethyl adjacent to an activating group) is 1. The lowest BCUT2D eigenvalue weighted by Gasteiger charge is -2.24. The first-order valence-corrected chi connectivity index (χ1v) is 2.90. The number of hydrogen-bond donors (Lipinski definition) is 1. The average molecular weight is 154 g/mol. The van der Waals surface area contributed by atoms with Crippen molar-refractivity contribution in [3.63, 3.8) is 0 Å². The Morgan fingerprint density at radius 2 is 1.50 bits per heavy atom. The summed E-state index contributed by atoms with van der Waals surface area (Å²) in [4.78, 5) is 0. The van der Waals surface area contributed by atoms with Crippen LogP contribution in [0.15, 0.2) is 0 Å². The molecule has 0 amide bonds. The molecule has 0 aromatic carbocycles. The van der Waals surface area contributed by atoms with Gasteiger partial charge in [-0.05, 0) is 6.92 Å². The Hall–Kier alpha value is -0.160. The highest BCUT2D eigenvalue weighted by molar-refractivity contribution is 4.39. The lowest BCUT2D eigenvalue weighted by Crippen LogP contribution is -2.40. The molecule has 0 saturated carbocycles. The highest BCUT2D eigenvalue weighted by atomic mass is 16.3. The molecule has 0 aliphatic rings. The van der Waals surface area contributed by atoms with Crippen molar-refractivity contribution >= 4 is 0 Å². The Labute approximate surface area is 62.3 Å². The number of quaternary nitrogens is 1. The fraction of sp³-hybridized carbons (Fsp3) is 1.00. The molecule has 10 heavy (non-hydrogen) atoms. The molecule has 0 radical (unpaired) electrons. The van der Waals surface area contributed by atoms with Crippen LogP contribution in [0.5, 0.6) is 0 Å². The number of hydrogen-bond acceptors (Lipinski definition) is 1. The molecule has 4 heteroatoms. The monoisotopic (exact) mass is 154 g/mol. The summed E-state index contributed by atoms with van der Waals surface area (Å²) >= 11 is 0. The molecule has 0 heterocycles. The molecule has 0 aliphatic carbocycles. The summed E-state index contributed by atoms with van der Waals surface area (Å²) < 4.78 is 0.831. The number of rotatable bonds is 2. The van der Waals surface area contributed by atoms with Gasteiger partial charge < -0.3 is 20.5 Å². The summed E-state index contributed by atoms with van der Waals surface area (Å²) in [7, 11) is 6.19. The van der Waals surface area contributed by atoms with E-state index in [0.29, 0.717) is 0 Å². The fourth-order valence-corrected chi connectivity index (χ4v) is 0.793. The van der Waals surface area contributed by atoms with Crippen LogP contribution in [0.2, 0.25) is 0 Å². The summed E-state index contributed by atoms with van der Waals surface area (Å²) in [5.74, 6) is 0. The van der Waals surface area contributed by atoms with Crippen molar-refractivity contribution in [1.82, 2.24) is 0 Å². The molecular weight excluding hydrogens is 134 g/mol. The molecule has 0 spiro atoms. The second kappa shape index (κ2) is 5.61. The average Bonchev–Trinajstić information content (AvgIpc) is 1.21. The summed E-state index contributed by atoms with van der Waals surface area (Å²) in [6.07, 6.45) is -0.185. The van der Waals surface area contributed by atoms with Gasteiger partial charge in [-0.15, -0.1) is 0 Å². The van der Waals surface area contributed by atoms with Crippen LogP contribution in [0, 0.1) is 0 Å². The van der Waals surface area contributed by atoms with E-state index >= 15 is 0 Å². The molecule has 0 aromatic heterocycles. The Morgan fingerprint density at radius 1 is 1.20 bits per heavy atom. The third kappa shape index (κ3) is 15.7. The topological polar surface area (TPSA) is 83.2 Å². The number of aliphatic hydroxyl groups excluding tert-OH is 1. The van der Waals surface area contributed by atoms with Crippen molar-refractivity contribution in [3.05, 3.63) is 0 Å². The van der Waals surface area contributed by atoms with Gasteiger partial charge in [0.1, 0.15) is 12.6 Å². The Bertz CT molecular complexity index is 67.9. The van der Waals surface area contributed by atoms with E-state index in [9.17, 15) is 0 Å². The predicted octanol–water partition coefficient (Wildman–Crippen LogP) is -1.58. The third-order valence-electron chi connectivity index (χ3n) is 0.812. The van der Waals surface area contributed by atoms with Crippen molar-refractivity contribution in [3.8, 4) is 0 Å². The van der Waals surface area contributed by atoms with Crippen LogP contribution >= 0.6 is 0 Å². The van der Waals surface area contributed by atoms with Gasteiger partial charge in [-0.3, -0.25) is 0 Å². The van der Waals surface area contributed by atoms with Gasteiger partial charge >= 0.3 is 0 Å². The second-order valence-corrected chi connectivity index (χ2v) is 3.32. The standard InChI is InChI=1S/C6H16NO.2H2O/c1-6(8)5-7(2,3)4;;/h6,8H,5H2,1-4H3;2*1H2/q+1;;. The molecule has 66 valence electrons. The molecule has 0 aliphatic heterocycles. The van der Waals surface area contributed by atoms with E-state index in [1.54, 1.807) is 0 Å². The van der Waals surface area contributed by atoms with E-state index in [1.165, 1.54) is 0 Å². The first kappa shape index (κ1) is 16.4. The SMILES string of the molecule is CC(O)C[N+](C)(C)C.O.O. The first-order valence-electron chi connectivity index (χ1n) is 2.90. The number of nitrogens with zero attached hydrogens (tertiary/aromatic N) is 1. The van der Waals surface area contributed by atoms with Gasteiger partial charge in [-0.2, -0.15) is 0 Å². The zero-order valence-corrected chi connectivity index (χ0v) is 7.18. The first-order chi connectivity index (χ1) is 3.42. The highest BCUT2D eigenvalue weighted by Crippen LogP contribution is 1.92. The molecule has 1 unspecified atom stereocenters. The van der Waals surface area contributed by atoms with Gasteiger partial charge in [0.2, 0.25) is 0 Å². The highest BCUT2D eigenvalue weighted by Gasteiger charge is 2.09. The molecule has 0 rings (SSSR count). The molecule has 0 saturated heterocycles. The molecule has 1 atom stereocenters. The Morgan fingerprint density at radius 3 is 1.50 bits per heavy atom. The molecule has 0 fully saturated rings. The smallest absolute Gasteiger partial charge is 0.104 e. The van der Waals surface area contributed by atoms with Crippen molar-refractivity contribution in [2.45, 2.75) is 13.0 Å². The van der Waals surface area contributed by atoms with Crippen molar-refractivity contribution in [2.24, 2.45) is 0 Å². The van der Waals surface area contributed by atoms with E-state index in [0.717, 1.165) is 11.0 Å². The zero-order valence-electron chi connectivity index (χ0n) is 7.18. The minimum absolute atomic E-state index is 0. The Kier molecular flexibility index (Phi) is 9.22. The Balaban J connectivity index is -0.000000245. The van der Waals surface area contributed by atoms with Crippen LogP contribution in [-0.4, -0.2) is 54.3 Å².